The van der Waals surface area contributed by atoms with Crippen molar-refractivity contribution in [1.82, 2.24) is 20.0 Å². The maximum absolute atomic E-state index is 4.93. The van der Waals surface area contributed by atoms with E-state index in [4.69, 9.17) is 4.42 Å². The molecule has 0 fully saturated rings. The molecule has 0 aliphatic carbocycles. The highest BCUT2D eigenvalue weighted by Crippen LogP contribution is 2.15. The first-order chi connectivity index (χ1) is 6.77. The van der Waals surface area contributed by atoms with Crippen LogP contribution in [0.1, 0.15) is 5.69 Å². The Morgan fingerprint density at radius 1 is 1.64 bits per heavy atom. The van der Waals surface area contributed by atoms with Crippen molar-refractivity contribution in [3.8, 4) is 0 Å². The van der Waals surface area contributed by atoms with Gasteiger partial charge in [-0.05, 0) is 15.9 Å². The summed E-state index contributed by atoms with van der Waals surface area (Å²) in [6, 6.07) is 0.401. The van der Waals surface area contributed by atoms with Crippen molar-refractivity contribution in [1.29, 1.82) is 0 Å². The number of hydrogen-bond acceptors (Lipinski definition) is 5. The van der Waals surface area contributed by atoms with Crippen LogP contribution >= 0.6 is 15.9 Å². The summed E-state index contributed by atoms with van der Waals surface area (Å²) in [7, 11) is 1.87. The third kappa shape index (κ3) is 1.77. The second-order valence-electron chi connectivity index (χ2n) is 2.66. The summed E-state index contributed by atoms with van der Waals surface area (Å²) >= 11 is 3.39. The Balaban J connectivity index is 2.05. The van der Waals surface area contributed by atoms with Gasteiger partial charge < -0.3 is 9.73 Å². The lowest BCUT2D eigenvalue weighted by Gasteiger charge is -2.02. The number of nitrogens with zero attached hydrogens (tertiary/aromatic N) is 4. The Kier molecular flexibility index (Phi) is 2.49. The van der Waals surface area contributed by atoms with E-state index in [0.717, 1.165) is 10.2 Å². The van der Waals surface area contributed by atoms with Gasteiger partial charge in [-0.25, -0.2) is 0 Å². The van der Waals surface area contributed by atoms with Crippen molar-refractivity contribution < 1.29 is 4.42 Å². The van der Waals surface area contributed by atoms with Gasteiger partial charge in [0, 0.05) is 7.05 Å². The molecule has 1 N–H and O–H groups in total. The third-order valence-electron chi connectivity index (χ3n) is 1.78. The van der Waals surface area contributed by atoms with Gasteiger partial charge in [-0.1, -0.05) is 5.10 Å². The van der Waals surface area contributed by atoms with Gasteiger partial charge in [-0.2, -0.15) is 5.10 Å². The van der Waals surface area contributed by atoms with E-state index in [1.807, 2.05) is 7.05 Å². The van der Waals surface area contributed by atoms with Crippen LogP contribution in [0.25, 0.3) is 0 Å². The van der Waals surface area contributed by atoms with E-state index in [2.05, 4.69) is 36.5 Å². The van der Waals surface area contributed by atoms with E-state index in [9.17, 15) is 0 Å². The van der Waals surface area contributed by atoms with Crippen LogP contribution in [0.4, 0.5) is 6.01 Å². The lowest BCUT2D eigenvalue weighted by molar-refractivity contribution is 0.563. The average Bonchev–Trinajstić information content (AvgIpc) is 2.76. The molecule has 0 aromatic carbocycles. The topological polar surface area (TPSA) is 68.8 Å². The summed E-state index contributed by atoms with van der Waals surface area (Å²) in [5, 5.41) is 14.3. The fourth-order valence-corrected chi connectivity index (χ4v) is 1.53. The Labute approximate surface area is 88.4 Å². The molecule has 7 heteroatoms. The molecule has 2 aromatic heterocycles. The number of rotatable bonds is 3. The summed E-state index contributed by atoms with van der Waals surface area (Å²) in [6.07, 6.45) is 3.02. The van der Waals surface area contributed by atoms with E-state index < -0.39 is 0 Å². The molecule has 6 nitrogen and oxygen atoms in total. The van der Waals surface area contributed by atoms with E-state index in [0.29, 0.717) is 12.6 Å². The van der Waals surface area contributed by atoms with E-state index in [1.165, 1.54) is 6.39 Å². The molecule has 0 amide bonds. The summed E-state index contributed by atoms with van der Waals surface area (Å²) < 4.78 is 7.66. The lowest BCUT2D eigenvalue weighted by Crippen LogP contribution is -2.06. The second kappa shape index (κ2) is 3.79. The molecule has 0 spiro atoms. The molecule has 0 bridgehead atoms. The molecule has 0 unspecified atom stereocenters. The molecular weight excluding hydrogens is 250 g/mol. The zero-order chi connectivity index (χ0) is 9.97. The Morgan fingerprint density at radius 3 is 3.07 bits per heavy atom. The van der Waals surface area contributed by atoms with Crippen LogP contribution in [-0.2, 0) is 13.6 Å². The van der Waals surface area contributed by atoms with Crippen LogP contribution < -0.4 is 5.32 Å². The smallest absolute Gasteiger partial charge is 0.315 e. The molecule has 0 aliphatic heterocycles. The van der Waals surface area contributed by atoms with Gasteiger partial charge in [0.1, 0.15) is 0 Å². The summed E-state index contributed by atoms with van der Waals surface area (Å²) in [5.74, 6) is 0. The van der Waals surface area contributed by atoms with Crippen LogP contribution in [0.2, 0.25) is 0 Å². The average molecular weight is 258 g/mol. The first-order valence-corrected chi connectivity index (χ1v) is 4.73. The van der Waals surface area contributed by atoms with Crippen LogP contribution in [0, 0.1) is 0 Å². The van der Waals surface area contributed by atoms with E-state index in [1.54, 1.807) is 10.9 Å². The number of nitrogens with one attached hydrogen (secondary N) is 1. The monoisotopic (exact) mass is 257 g/mol. The van der Waals surface area contributed by atoms with Gasteiger partial charge in [0.2, 0.25) is 6.39 Å². The van der Waals surface area contributed by atoms with Crippen molar-refractivity contribution in [2.24, 2.45) is 7.05 Å². The van der Waals surface area contributed by atoms with Crippen molar-refractivity contribution in [2.75, 3.05) is 5.32 Å². The minimum Gasteiger partial charge on any atom is -0.411 e. The maximum Gasteiger partial charge on any atom is 0.315 e. The predicted octanol–water partition coefficient (Wildman–Crippen LogP) is 1.18. The third-order valence-corrected chi connectivity index (χ3v) is 2.44. The van der Waals surface area contributed by atoms with Gasteiger partial charge in [0.05, 0.1) is 22.9 Å². The quantitative estimate of drug-likeness (QED) is 0.895. The maximum atomic E-state index is 4.93. The van der Waals surface area contributed by atoms with Crippen LogP contribution in [0.3, 0.4) is 0 Å². The number of aryl methyl sites for hydroxylation is 1. The number of anilines is 1. The van der Waals surface area contributed by atoms with E-state index in [-0.39, 0.29) is 0 Å². The van der Waals surface area contributed by atoms with Gasteiger partial charge in [0.25, 0.3) is 0 Å². The Hall–Kier alpha value is -1.37. The van der Waals surface area contributed by atoms with Gasteiger partial charge in [0.15, 0.2) is 0 Å². The summed E-state index contributed by atoms with van der Waals surface area (Å²) in [4.78, 5) is 0. The molecule has 0 saturated heterocycles. The molecule has 2 heterocycles. The molecule has 74 valence electrons. The zero-order valence-corrected chi connectivity index (χ0v) is 9.02. The summed E-state index contributed by atoms with van der Waals surface area (Å²) in [6.45, 7) is 0.583. The predicted molar refractivity (Wildman–Crippen MR) is 52.5 cm³/mol. The minimum absolute atomic E-state index is 0.401. The van der Waals surface area contributed by atoms with Crippen molar-refractivity contribution in [3.63, 3.8) is 0 Å². The molecular formula is C7H8BrN5O. The highest BCUT2D eigenvalue weighted by atomic mass is 79.9. The van der Waals surface area contributed by atoms with Crippen LogP contribution in [0.15, 0.2) is 21.5 Å². The lowest BCUT2D eigenvalue weighted by atomic mass is 10.4. The first-order valence-electron chi connectivity index (χ1n) is 3.94. The van der Waals surface area contributed by atoms with Crippen molar-refractivity contribution in [2.45, 2.75) is 6.54 Å². The molecule has 0 atom stereocenters. The van der Waals surface area contributed by atoms with Crippen LogP contribution in [-0.4, -0.2) is 20.0 Å². The van der Waals surface area contributed by atoms with Gasteiger partial charge >= 0.3 is 6.01 Å². The highest BCUT2D eigenvalue weighted by molar-refractivity contribution is 9.10. The van der Waals surface area contributed by atoms with Gasteiger partial charge in [-0.15, -0.1) is 5.10 Å². The molecule has 0 saturated carbocycles. The summed E-state index contributed by atoms with van der Waals surface area (Å²) in [5.41, 5.74) is 1.02. The molecule has 2 aromatic rings. The molecule has 14 heavy (non-hydrogen) atoms. The zero-order valence-electron chi connectivity index (χ0n) is 7.44. The minimum atomic E-state index is 0.401. The molecule has 0 aliphatic rings. The number of aromatic nitrogens is 4. The Bertz CT molecular complexity index is 390. The fourth-order valence-electron chi connectivity index (χ4n) is 1.04. The first kappa shape index (κ1) is 9.20. The van der Waals surface area contributed by atoms with Gasteiger partial charge in [-0.3, -0.25) is 4.68 Å². The highest BCUT2D eigenvalue weighted by Gasteiger charge is 2.06. The van der Waals surface area contributed by atoms with E-state index >= 15 is 0 Å². The molecule has 2 rings (SSSR count). The normalized spacial score (nSPS) is 10.4. The Morgan fingerprint density at radius 2 is 2.50 bits per heavy atom. The molecule has 0 radical (unpaired) electrons. The number of hydrogen-bond donors (Lipinski definition) is 1. The largest absolute Gasteiger partial charge is 0.411 e. The fraction of sp³-hybridized carbons (Fsp3) is 0.286. The second-order valence-corrected chi connectivity index (χ2v) is 3.51. The van der Waals surface area contributed by atoms with Crippen molar-refractivity contribution in [3.05, 3.63) is 22.8 Å². The van der Waals surface area contributed by atoms with Crippen molar-refractivity contribution >= 4 is 21.9 Å². The standard InChI is InChI=1S/C7H8BrN5O/c1-13-6(5(8)2-11-13)3-9-7-12-10-4-14-7/h2,4H,3H2,1H3,(H,9,12). The SMILES string of the molecule is Cn1ncc(Br)c1CNc1nnco1. The number of halogens is 1. The van der Waals surface area contributed by atoms with Crippen LogP contribution in [0.5, 0.6) is 0 Å².